The number of rotatable bonds is 5. The van der Waals surface area contributed by atoms with Gasteiger partial charge in [0, 0.05) is 5.92 Å². The molecule has 0 aliphatic rings. The summed E-state index contributed by atoms with van der Waals surface area (Å²) in [6.07, 6.45) is 0. The molecule has 0 heteroatoms. The highest BCUT2D eigenvalue weighted by molar-refractivity contribution is 5.81. The molecular weight excluding hydrogens is 372 g/mol. The zero-order chi connectivity index (χ0) is 20.9. The number of benzene rings is 5. The smallest absolute Gasteiger partial charge is 0.0352 e. The summed E-state index contributed by atoms with van der Waals surface area (Å²) in [6, 6.07) is 49.9. The predicted molar refractivity (Wildman–Crippen MR) is 131 cm³/mol. The highest BCUT2D eigenvalue weighted by Gasteiger charge is 2.24. The lowest BCUT2D eigenvalue weighted by Gasteiger charge is -2.25. The first-order chi connectivity index (χ1) is 15.4. The van der Waals surface area contributed by atoms with Crippen molar-refractivity contribution in [1.82, 2.24) is 0 Å². The van der Waals surface area contributed by atoms with Gasteiger partial charge in [0.25, 0.3) is 0 Å². The molecule has 5 aromatic carbocycles. The van der Waals surface area contributed by atoms with Crippen LogP contribution in [0.4, 0.5) is 0 Å². The molecule has 5 aromatic rings. The van der Waals surface area contributed by atoms with Crippen molar-refractivity contribution in [2.75, 3.05) is 0 Å². The summed E-state index contributed by atoms with van der Waals surface area (Å²) in [5.41, 5.74) is 8.99. The fourth-order valence-corrected chi connectivity index (χ4v) is 4.43. The molecule has 31 heavy (non-hydrogen) atoms. The van der Waals surface area contributed by atoms with E-state index >= 15 is 0 Å². The molecule has 0 nitrogen and oxygen atoms in total. The van der Waals surface area contributed by atoms with Gasteiger partial charge < -0.3 is 0 Å². The molecule has 0 saturated carbocycles. The van der Waals surface area contributed by atoms with E-state index < -0.39 is 0 Å². The largest absolute Gasteiger partial charge is 0.0622 e. The van der Waals surface area contributed by atoms with E-state index in [4.69, 9.17) is 0 Å². The lowest BCUT2D eigenvalue weighted by molar-refractivity contribution is 0.982. The Hall–Kier alpha value is -3.90. The molecule has 0 spiro atoms. The molecule has 148 valence electrons. The average Bonchev–Trinajstić information content (AvgIpc) is 2.87. The molecule has 0 fully saturated rings. The minimum Gasteiger partial charge on any atom is -0.0622 e. The van der Waals surface area contributed by atoms with Gasteiger partial charge in [0.15, 0.2) is 0 Å². The molecule has 0 aromatic heterocycles. The topological polar surface area (TPSA) is 0 Å². The van der Waals surface area contributed by atoms with E-state index in [2.05, 4.69) is 140 Å². The summed E-state index contributed by atoms with van der Waals surface area (Å²) in [5, 5.41) is 0. The molecule has 0 radical (unpaired) electrons. The molecule has 0 heterocycles. The summed E-state index contributed by atoms with van der Waals surface area (Å²) in [4.78, 5) is 0. The quantitative estimate of drug-likeness (QED) is 0.263. The summed E-state index contributed by atoms with van der Waals surface area (Å²) in [7, 11) is 0. The second-order valence-corrected chi connectivity index (χ2v) is 7.75. The van der Waals surface area contributed by atoms with Crippen molar-refractivity contribution in [3.63, 3.8) is 0 Å². The summed E-state index contributed by atoms with van der Waals surface area (Å²) >= 11 is 0. The maximum Gasteiger partial charge on any atom is 0.0352 e. The first kappa shape index (κ1) is 19.1. The molecule has 0 N–H and O–H groups in total. The normalized spacial score (nSPS) is 10.9. The Balaban J connectivity index is 1.85. The average molecular weight is 397 g/mol. The predicted octanol–water partition coefficient (Wildman–Crippen LogP) is 8.20. The third kappa shape index (κ3) is 3.93. The summed E-state index contributed by atoms with van der Waals surface area (Å²) in [5.74, 6) is 0.133. The van der Waals surface area contributed by atoms with Gasteiger partial charge in [-0.05, 0) is 38.9 Å². The summed E-state index contributed by atoms with van der Waals surface area (Å²) in [6.45, 7) is 0. The maximum absolute atomic E-state index is 2.26. The van der Waals surface area contributed by atoms with Crippen molar-refractivity contribution in [3.8, 4) is 22.3 Å². The fourth-order valence-electron chi connectivity index (χ4n) is 4.43. The second kappa shape index (κ2) is 8.85. The van der Waals surface area contributed by atoms with Crippen molar-refractivity contribution < 1.29 is 0 Å². The van der Waals surface area contributed by atoms with E-state index in [1.165, 1.54) is 38.9 Å². The Bertz CT molecular complexity index is 1140. The van der Waals surface area contributed by atoms with Crippen LogP contribution in [0.15, 0.2) is 140 Å². The molecule has 0 unspecified atom stereocenters. The lowest BCUT2D eigenvalue weighted by Crippen LogP contribution is -2.07. The highest BCUT2D eigenvalue weighted by atomic mass is 14.3. The van der Waals surface area contributed by atoms with Crippen LogP contribution >= 0.6 is 0 Å². The molecule has 0 aliphatic heterocycles. The molecule has 0 saturated heterocycles. The zero-order valence-electron chi connectivity index (χ0n) is 17.4. The van der Waals surface area contributed by atoms with E-state index in [-0.39, 0.29) is 5.92 Å². The third-order valence-corrected chi connectivity index (χ3v) is 5.83. The van der Waals surface area contributed by atoms with Crippen LogP contribution in [0.2, 0.25) is 0 Å². The van der Waals surface area contributed by atoms with Crippen LogP contribution in [-0.2, 0) is 0 Å². The Labute approximate surface area is 184 Å². The van der Waals surface area contributed by atoms with Crippen LogP contribution in [0, 0.1) is 0 Å². The van der Waals surface area contributed by atoms with Crippen molar-refractivity contribution in [2.45, 2.75) is 5.92 Å². The Morgan fingerprint density at radius 3 is 1.06 bits per heavy atom. The van der Waals surface area contributed by atoms with Gasteiger partial charge in [-0.2, -0.15) is 0 Å². The monoisotopic (exact) mass is 396 g/mol. The van der Waals surface area contributed by atoms with Gasteiger partial charge in [0.1, 0.15) is 0 Å². The van der Waals surface area contributed by atoms with E-state index in [1.807, 2.05) is 0 Å². The minimum atomic E-state index is 0.133. The van der Waals surface area contributed by atoms with Crippen molar-refractivity contribution in [2.24, 2.45) is 0 Å². The first-order valence-electron chi connectivity index (χ1n) is 10.8. The van der Waals surface area contributed by atoms with Gasteiger partial charge in [-0.3, -0.25) is 0 Å². The first-order valence-corrected chi connectivity index (χ1v) is 10.8. The van der Waals surface area contributed by atoms with Crippen LogP contribution < -0.4 is 0 Å². The Kier molecular flexibility index (Phi) is 5.45. The van der Waals surface area contributed by atoms with Gasteiger partial charge >= 0.3 is 0 Å². The number of hydrogen-bond acceptors (Lipinski definition) is 0. The molecule has 0 bridgehead atoms. The summed E-state index contributed by atoms with van der Waals surface area (Å²) < 4.78 is 0. The number of hydrogen-bond donors (Lipinski definition) is 0. The third-order valence-electron chi connectivity index (χ3n) is 5.83. The van der Waals surface area contributed by atoms with Gasteiger partial charge in [-0.1, -0.05) is 140 Å². The van der Waals surface area contributed by atoms with Gasteiger partial charge in [-0.25, -0.2) is 0 Å². The zero-order valence-corrected chi connectivity index (χ0v) is 17.4. The van der Waals surface area contributed by atoms with Crippen molar-refractivity contribution >= 4 is 0 Å². The molecule has 0 atom stereocenters. The Morgan fingerprint density at radius 2 is 0.677 bits per heavy atom. The van der Waals surface area contributed by atoms with Crippen LogP contribution in [0.1, 0.15) is 22.6 Å². The van der Waals surface area contributed by atoms with Crippen LogP contribution in [0.5, 0.6) is 0 Å². The van der Waals surface area contributed by atoms with E-state index in [0.29, 0.717) is 0 Å². The van der Waals surface area contributed by atoms with E-state index in [9.17, 15) is 0 Å². The Morgan fingerprint density at radius 1 is 0.323 bits per heavy atom. The molecule has 0 amide bonds. The van der Waals surface area contributed by atoms with Crippen molar-refractivity contribution in [1.29, 1.82) is 0 Å². The highest BCUT2D eigenvalue weighted by Crippen LogP contribution is 2.43. The van der Waals surface area contributed by atoms with Gasteiger partial charge in [0.05, 0.1) is 0 Å². The van der Waals surface area contributed by atoms with Crippen LogP contribution in [-0.4, -0.2) is 0 Å². The second-order valence-electron chi connectivity index (χ2n) is 7.75. The van der Waals surface area contributed by atoms with Crippen LogP contribution in [0.25, 0.3) is 22.3 Å². The van der Waals surface area contributed by atoms with Gasteiger partial charge in [-0.15, -0.1) is 0 Å². The lowest BCUT2D eigenvalue weighted by atomic mass is 9.78. The molecule has 0 aliphatic carbocycles. The van der Waals surface area contributed by atoms with Gasteiger partial charge in [0.2, 0.25) is 0 Å². The minimum absolute atomic E-state index is 0.133. The SMILES string of the molecule is c1ccc(-c2cccc(-c3ccccc3)c2C(c2ccccc2)c2ccccc2)cc1. The molecule has 5 rings (SSSR count). The van der Waals surface area contributed by atoms with Crippen molar-refractivity contribution in [3.05, 3.63) is 156 Å². The van der Waals surface area contributed by atoms with E-state index in [0.717, 1.165) is 0 Å². The van der Waals surface area contributed by atoms with Crippen LogP contribution in [0.3, 0.4) is 0 Å². The maximum atomic E-state index is 2.26. The standard InChI is InChI=1S/C31H24/c1-5-14-24(15-6-1)28-22-13-23-29(25-16-7-2-8-17-25)31(28)30(26-18-9-3-10-19-26)27-20-11-4-12-21-27/h1-23,30H. The fraction of sp³-hybridized carbons (Fsp3) is 0.0323. The molecular formula is C31H24. The van der Waals surface area contributed by atoms with E-state index in [1.54, 1.807) is 0 Å².